The first-order valence-corrected chi connectivity index (χ1v) is 5.59. The predicted octanol–water partition coefficient (Wildman–Crippen LogP) is 0.920. The van der Waals surface area contributed by atoms with Gasteiger partial charge >= 0.3 is 0 Å². The van der Waals surface area contributed by atoms with Gasteiger partial charge in [0.2, 0.25) is 0 Å². The molecule has 4 heteroatoms. The highest BCUT2D eigenvalue weighted by molar-refractivity contribution is 5.18. The fourth-order valence-electron chi connectivity index (χ4n) is 1.21. The van der Waals surface area contributed by atoms with Gasteiger partial charge in [0.15, 0.2) is 0 Å². The molecule has 0 bridgehead atoms. The summed E-state index contributed by atoms with van der Waals surface area (Å²) in [7, 11) is 4.13. The van der Waals surface area contributed by atoms with Gasteiger partial charge in [0.1, 0.15) is 12.4 Å². The van der Waals surface area contributed by atoms with Crippen LogP contribution < -0.4 is 10.1 Å². The lowest BCUT2D eigenvalue weighted by Crippen LogP contribution is -2.29. The van der Waals surface area contributed by atoms with E-state index in [-0.39, 0.29) is 0 Å². The molecule has 16 heavy (non-hydrogen) atoms. The average Bonchev–Trinajstić information content (AvgIpc) is 2.25. The zero-order chi connectivity index (χ0) is 11.8. The van der Waals surface area contributed by atoms with Gasteiger partial charge in [-0.15, -0.1) is 0 Å². The van der Waals surface area contributed by atoms with Crippen molar-refractivity contribution >= 4 is 0 Å². The van der Waals surface area contributed by atoms with Crippen molar-refractivity contribution in [2.24, 2.45) is 0 Å². The van der Waals surface area contributed by atoms with Gasteiger partial charge in [0.25, 0.3) is 0 Å². The molecule has 0 atom stereocenters. The quantitative estimate of drug-likeness (QED) is 0.698. The van der Waals surface area contributed by atoms with Crippen molar-refractivity contribution in [1.29, 1.82) is 0 Å². The third kappa shape index (κ3) is 5.68. The largest absolute Gasteiger partial charge is 0.491 e. The number of hydrogen-bond donors (Lipinski definition) is 1. The van der Waals surface area contributed by atoms with E-state index in [0.29, 0.717) is 6.61 Å². The van der Waals surface area contributed by atoms with Crippen molar-refractivity contribution in [3.05, 3.63) is 24.0 Å². The van der Waals surface area contributed by atoms with Crippen molar-refractivity contribution in [2.45, 2.75) is 6.92 Å². The Balaban J connectivity index is 2.05. The van der Waals surface area contributed by atoms with Crippen LogP contribution in [-0.4, -0.2) is 50.2 Å². The summed E-state index contributed by atoms with van der Waals surface area (Å²) in [6.07, 6.45) is 1.76. The Bertz CT molecular complexity index is 285. The van der Waals surface area contributed by atoms with E-state index in [9.17, 15) is 0 Å². The molecule has 1 aromatic rings. The van der Waals surface area contributed by atoms with Crippen LogP contribution in [0.25, 0.3) is 0 Å². The SMILES string of the molecule is Cc1ccc(OCCNCCN(C)C)cn1. The van der Waals surface area contributed by atoms with Crippen LogP contribution in [-0.2, 0) is 0 Å². The van der Waals surface area contributed by atoms with E-state index in [0.717, 1.165) is 31.1 Å². The minimum atomic E-state index is 0.679. The number of likely N-dealkylation sites (N-methyl/N-ethyl adjacent to an activating group) is 1. The molecule has 0 aliphatic heterocycles. The van der Waals surface area contributed by atoms with E-state index in [1.165, 1.54) is 0 Å². The predicted molar refractivity (Wildman–Crippen MR) is 65.9 cm³/mol. The highest BCUT2D eigenvalue weighted by Crippen LogP contribution is 2.07. The monoisotopic (exact) mass is 223 g/mol. The number of aryl methyl sites for hydroxylation is 1. The lowest BCUT2D eigenvalue weighted by Gasteiger charge is -2.10. The molecule has 0 unspecified atom stereocenters. The van der Waals surface area contributed by atoms with Gasteiger partial charge in [-0.25, -0.2) is 0 Å². The Labute approximate surface area is 97.6 Å². The third-order valence-electron chi connectivity index (χ3n) is 2.17. The first kappa shape index (κ1) is 12.9. The first-order chi connectivity index (χ1) is 7.68. The van der Waals surface area contributed by atoms with Gasteiger partial charge in [-0.05, 0) is 33.2 Å². The molecule has 0 aliphatic rings. The number of ether oxygens (including phenoxy) is 1. The highest BCUT2D eigenvalue weighted by Gasteiger charge is 1.94. The molecular weight excluding hydrogens is 202 g/mol. The van der Waals surface area contributed by atoms with Crippen LogP contribution in [0, 0.1) is 6.92 Å². The maximum atomic E-state index is 5.53. The van der Waals surface area contributed by atoms with Gasteiger partial charge in [-0.2, -0.15) is 0 Å². The first-order valence-electron chi connectivity index (χ1n) is 5.59. The molecule has 0 aliphatic carbocycles. The van der Waals surface area contributed by atoms with E-state index in [1.807, 2.05) is 19.1 Å². The third-order valence-corrected chi connectivity index (χ3v) is 2.17. The highest BCUT2D eigenvalue weighted by atomic mass is 16.5. The van der Waals surface area contributed by atoms with Crippen LogP contribution >= 0.6 is 0 Å². The number of rotatable bonds is 7. The summed E-state index contributed by atoms with van der Waals surface area (Å²) in [5.74, 6) is 0.833. The van der Waals surface area contributed by atoms with E-state index in [1.54, 1.807) is 6.20 Å². The summed E-state index contributed by atoms with van der Waals surface area (Å²) in [6, 6.07) is 3.90. The van der Waals surface area contributed by atoms with E-state index in [2.05, 4.69) is 29.3 Å². The number of hydrogen-bond acceptors (Lipinski definition) is 4. The van der Waals surface area contributed by atoms with E-state index >= 15 is 0 Å². The Morgan fingerprint density at radius 3 is 2.75 bits per heavy atom. The Kier molecular flexibility index (Phi) is 5.82. The maximum Gasteiger partial charge on any atom is 0.137 e. The summed E-state index contributed by atoms with van der Waals surface area (Å²) in [4.78, 5) is 6.32. The molecule has 1 aromatic heterocycles. The molecule has 0 aromatic carbocycles. The second-order valence-corrected chi connectivity index (χ2v) is 4.04. The van der Waals surface area contributed by atoms with Crippen LogP contribution in [0.4, 0.5) is 0 Å². The minimum Gasteiger partial charge on any atom is -0.491 e. The standard InChI is InChI=1S/C12H21N3O/c1-11-4-5-12(10-14-11)16-9-7-13-6-8-15(2)3/h4-5,10,13H,6-9H2,1-3H3. The summed E-state index contributed by atoms with van der Waals surface area (Å²) in [5, 5.41) is 3.31. The molecule has 0 radical (unpaired) electrons. The number of nitrogens with one attached hydrogen (secondary N) is 1. The summed E-state index contributed by atoms with van der Waals surface area (Å²) >= 11 is 0. The Hall–Kier alpha value is -1.13. The number of pyridine rings is 1. The second-order valence-electron chi connectivity index (χ2n) is 4.04. The zero-order valence-corrected chi connectivity index (χ0v) is 10.4. The molecule has 4 nitrogen and oxygen atoms in total. The van der Waals surface area contributed by atoms with Crippen LogP contribution in [0.2, 0.25) is 0 Å². The van der Waals surface area contributed by atoms with Crippen LogP contribution in [0.1, 0.15) is 5.69 Å². The van der Waals surface area contributed by atoms with E-state index in [4.69, 9.17) is 4.74 Å². The van der Waals surface area contributed by atoms with Gasteiger partial charge < -0.3 is 15.0 Å². The molecule has 90 valence electrons. The maximum absolute atomic E-state index is 5.53. The fraction of sp³-hybridized carbons (Fsp3) is 0.583. The summed E-state index contributed by atoms with van der Waals surface area (Å²) in [5.41, 5.74) is 1.01. The average molecular weight is 223 g/mol. The molecule has 0 amide bonds. The number of nitrogens with zero attached hydrogens (tertiary/aromatic N) is 2. The lowest BCUT2D eigenvalue weighted by atomic mass is 10.4. The van der Waals surface area contributed by atoms with Crippen molar-refractivity contribution < 1.29 is 4.74 Å². The molecule has 1 rings (SSSR count). The number of aromatic nitrogens is 1. The van der Waals surface area contributed by atoms with Crippen LogP contribution in [0.15, 0.2) is 18.3 Å². The van der Waals surface area contributed by atoms with Crippen LogP contribution in [0.5, 0.6) is 5.75 Å². The Morgan fingerprint density at radius 2 is 2.12 bits per heavy atom. The van der Waals surface area contributed by atoms with Gasteiger partial charge in [-0.3, -0.25) is 4.98 Å². The van der Waals surface area contributed by atoms with E-state index < -0.39 is 0 Å². The smallest absolute Gasteiger partial charge is 0.137 e. The molecule has 0 saturated carbocycles. The second kappa shape index (κ2) is 7.19. The summed E-state index contributed by atoms with van der Waals surface area (Å²) in [6.45, 7) is 5.54. The molecule has 0 spiro atoms. The van der Waals surface area contributed by atoms with Gasteiger partial charge in [0.05, 0.1) is 6.20 Å². The van der Waals surface area contributed by atoms with Crippen molar-refractivity contribution in [2.75, 3.05) is 40.3 Å². The zero-order valence-electron chi connectivity index (χ0n) is 10.4. The molecule has 1 heterocycles. The van der Waals surface area contributed by atoms with Gasteiger partial charge in [0, 0.05) is 25.3 Å². The van der Waals surface area contributed by atoms with Crippen molar-refractivity contribution in [3.8, 4) is 5.75 Å². The van der Waals surface area contributed by atoms with Crippen molar-refractivity contribution in [1.82, 2.24) is 15.2 Å². The minimum absolute atomic E-state index is 0.679. The molecule has 0 saturated heterocycles. The molecule has 0 fully saturated rings. The van der Waals surface area contributed by atoms with Crippen molar-refractivity contribution in [3.63, 3.8) is 0 Å². The normalized spacial score (nSPS) is 10.8. The molecule has 1 N–H and O–H groups in total. The molecular formula is C12H21N3O. The van der Waals surface area contributed by atoms with Gasteiger partial charge in [-0.1, -0.05) is 0 Å². The fourth-order valence-corrected chi connectivity index (χ4v) is 1.21. The Morgan fingerprint density at radius 1 is 1.31 bits per heavy atom. The topological polar surface area (TPSA) is 37.4 Å². The lowest BCUT2D eigenvalue weighted by molar-refractivity contribution is 0.307. The summed E-state index contributed by atoms with van der Waals surface area (Å²) < 4.78 is 5.53. The van der Waals surface area contributed by atoms with Crippen LogP contribution in [0.3, 0.4) is 0 Å².